The Morgan fingerprint density at radius 3 is 2.39 bits per heavy atom. The molecule has 1 unspecified atom stereocenters. The van der Waals surface area contributed by atoms with Crippen molar-refractivity contribution in [3.8, 4) is 0 Å². The second kappa shape index (κ2) is 3.47. The molecule has 0 bridgehead atoms. The molecule has 0 radical (unpaired) electrons. The summed E-state index contributed by atoms with van der Waals surface area (Å²) in [5.41, 5.74) is 5.53. The molecule has 0 aromatic heterocycles. The van der Waals surface area contributed by atoms with Gasteiger partial charge >= 0.3 is 0 Å². The summed E-state index contributed by atoms with van der Waals surface area (Å²) >= 11 is 0. The van der Waals surface area contributed by atoms with Gasteiger partial charge in [-0.05, 0) is 11.8 Å². The Morgan fingerprint density at radius 2 is 1.89 bits per heavy atom. The summed E-state index contributed by atoms with van der Waals surface area (Å²) in [6, 6.07) is 0. The second-order valence-electron chi connectivity index (χ2n) is 6.89. The Bertz CT molecular complexity index is 412. The van der Waals surface area contributed by atoms with E-state index in [9.17, 15) is 9.59 Å². The number of carbonyl (C=O) groups is 2. The highest BCUT2D eigenvalue weighted by Crippen LogP contribution is 2.54. The number of primary amides is 1. The maximum atomic E-state index is 12.2. The number of amides is 2. The van der Waals surface area contributed by atoms with Gasteiger partial charge in [0.15, 0.2) is 0 Å². The first-order valence-electron chi connectivity index (χ1n) is 6.65. The molecule has 1 saturated carbocycles. The van der Waals surface area contributed by atoms with Crippen molar-refractivity contribution in [2.75, 3.05) is 26.2 Å². The summed E-state index contributed by atoms with van der Waals surface area (Å²) in [4.78, 5) is 25.5. The van der Waals surface area contributed by atoms with Crippen molar-refractivity contribution in [1.29, 1.82) is 0 Å². The minimum absolute atomic E-state index is 0.0828. The van der Waals surface area contributed by atoms with Crippen LogP contribution in [0.25, 0.3) is 0 Å². The van der Waals surface area contributed by atoms with Crippen LogP contribution in [0.1, 0.15) is 20.3 Å². The molecule has 2 amide bonds. The first-order chi connectivity index (χ1) is 8.36. The molecule has 18 heavy (non-hydrogen) atoms. The van der Waals surface area contributed by atoms with E-state index >= 15 is 0 Å². The molecule has 2 aliphatic heterocycles. The summed E-state index contributed by atoms with van der Waals surface area (Å²) in [5, 5.41) is 3.23. The fraction of sp³-hybridized carbons (Fsp3) is 0.846. The quantitative estimate of drug-likeness (QED) is 0.699. The van der Waals surface area contributed by atoms with Crippen LogP contribution in [-0.4, -0.2) is 42.9 Å². The highest BCUT2D eigenvalue weighted by molar-refractivity contribution is 5.84. The zero-order chi connectivity index (χ0) is 13.1. The first-order valence-corrected chi connectivity index (χ1v) is 6.65. The Hall–Kier alpha value is -1.10. The Morgan fingerprint density at radius 1 is 1.28 bits per heavy atom. The smallest absolute Gasteiger partial charge is 0.226 e. The molecule has 5 heteroatoms. The van der Waals surface area contributed by atoms with Crippen LogP contribution in [0.5, 0.6) is 0 Å². The molecule has 3 rings (SSSR count). The second-order valence-corrected chi connectivity index (χ2v) is 6.89. The van der Waals surface area contributed by atoms with Gasteiger partial charge in [-0.15, -0.1) is 0 Å². The number of nitrogens with one attached hydrogen (secondary N) is 1. The van der Waals surface area contributed by atoms with Gasteiger partial charge in [0, 0.05) is 37.5 Å². The lowest BCUT2D eigenvalue weighted by molar-refractivity contribution is -0.150. The molecule has 5 nitrogen and oxygen atoms in total. The van der Waals surface area contributed by atoms with Crippen LogP contribution in [-0.2, 0) is 9.59 Å². The van der Waals surface area contributed by atoms with Crippen LogP contribution in [0.3, 0.4) is 0 Å². The Balaban J connectivity index is 1.63. The maximum absolute atomic E-state index is 12.2. The number of nitrogens with zero attached hydrogens (tertiary/aromatic N) is 1. The number of hydrogen-bond donors (Lipinski definition) is 2. The third kappa shape index (κ3) is 1.56. The van der Waals surface area contributed by atoms with Gasteiger partial charge in [0.2, 0.25) is 11.8 Å². The van der Waals surface area contributed by atoms with Crippen LogP contribution >= 0.6 is 0 Å². The summed E-state index contributed by atoms with van der Waals surface area (Å²) in [6.07, 6.45) is 0.993. The van der Waals surface area contributed by atoms with E-state index < -0.39 is 0 Å². The van der Waals surface area contributed by atoms with E-state index in [4.69, 9.17) is 5.73 Å². The van der Waals surface area contributed by atoms with Crippen LogP contribution in [0.2, 0.25) is 0 Å². The molecule has 0 aromatic carbocycles. The lowest BCUT2D eigenvalue weighted by atomic mass is 9.71. The van der Waals surface area contributed by atoms with Crippen molar-refractivity contribution in [3.63, 3.8) is 0 Å². The van der Waals surface area contributed by atoms with E-state index in [1.807, 2.05) is 4.90 Å². The van der Waals surface area contributed by atoms with Gasteiger partial charge in [0.25, 0.3) is 0 Å². The van der Waals surface area contributed by atoms with Crippen LogP contribution < -0.4 is 11.1 Å². The molecule has 2 heterocycles. The lowest BCUT2D eigenvalue weighted by Crippen LogP contribution is -2.64. The van der Waals surface area contributed by atoms with E-state index in [0.717, 1.165) is 13.0 Å². The SMILES string of the molecule is CC1(C)CC1C(=O)N1CC2(CNC[C@H]2C(N)=O)C1. The van der Waals surface area contributed by atoms with Gasteiger partial charge < -0.3 is 16.0 Å². The highest BCUT2D eigenvalue weighted by atomic mass is 16.2. The molecule has 3 fully saturated rings. The van der Waals surface area contributed by atoms with E-state index in [1.165, 1.54) is 0 Å². The summed E-state index contributed by atoms with van der Waals surface area (Å²) in [5.74, 6) is 0.101. The number of likely N-dealkylation sites (tertiary alicyclic amines) is 1. The zero-order valence-corrected chi connectivity index (χ0v) is 11.0. The van der Waals surface area contributed by atoms with Gasteiger partial charge in [-0.2, -0.15) is 0 Å². The summed E-state index contributed by atoms with van der Waals surface area (Å²) < 4.78 is 0. The van der Waals surface area contributed by atoms with Crippen LogP contribution in [0, 0.1) is 22.7 Å². The number of rotatable bonds is 2. The van der Waals surface area contributed by atoms with Crippen molar-refractivity contribution in [3.05, 3.63) is 0 Å². The summed E-state index contributed by atoms with van der Waals surface area (Å²) in [7, 11) is 0. The standard InChI is InChI=1S/C13H21N3O2/c1-12(2)3-8(12)11(18)16-6-13(7-16)5-15-4-9(13)10(14)17/h8-9,15H,3-7H2,1-2H3,(H2,14,17)/t8?,9-/m0/s1. The van der Waals surface area contributed by atoms with Crippen LogP contribution in [0.4, 0.5) is 0 Å². The fourth-order valence-electron chi connectivity index (χ4n) is 3.52. The van der Waals surface area contributed by atoms with Crippen molar-refractivity contribution in [1.82, 2.24) is 10.2 Å². The molecule has 2 saturated heterocycles. The van der Waals surface area contributed by atoms with Gasteiger partial charge in [-0.3, -0.25) is 9.59 Å². The van der Waals surface area contributed by atoms with E-state index in [0.29, 0.717) is 19.6 Å². The normalized spacial score (nSPS) is 35.3. The van der Waals surface area contributed by atoms with Gasteiger partial charge in [0.05, 0.1) is 5.92 Å². The fourth-order valence-corrected chi connectivity index (χ4v) is 3.52. The molecule has 0 aromatic rings. The number of carbonyl (C=O) groups excluding carboxylic acids is 2. The van der Waals surface area contributed by atoms with Gasteiger partial charge in [0.1, 0.15) is 0 Å². The minimum Gasteiger partial charge on any atom is -0.369 e. The lowest BCUT2D eigenvalue weighted by Gasteiger charge is -2.50. The third-order valence-corrected chi connectivity index (χ3v) is 5.04. The molecule has 2 atom stereocenters. The minimum atomic E-state index is -0.237. The van der Waals surface area contributed by atoms with Crippen molar-refractivity contribution >= 4 is 11.8 Å². The van der Waals surface area contributed by atoms with E-state index in [2.05, 4.69) is 19.2 Å². The molecular formula is C13H21N3O2. The Labute approximate surface area is 107 Å². The predicted octanol–water partition coefficient (Wildman–Crippen LogP) is -0.434. The van der Waals surface area contributed by atoms with Crippen molar-refractivity contribution in [2.45, 2.75) is 20.3 Å². The monoisotopic (exact) mass is 251 g/mol. The van der Waals surface area contributed by atoms with Gasteiger partial charge in [-0.25, -0.2) is 0 Å². The Kier molecular flexibility index (Phi) is 2.31. The topological polar surface area (TPSA) is 75.4 Å². The maximum Gasteiger partial charge on any atom is 0.226 e. The molecular weight excluding hydrogens is 230 g/mol. The average Bonchev–Trinajstić information content (AvgIpc) is 2.72. The van der Waals surface area contributed by atoms with Crippen LogP contribution in [0.15, 0.2) is 0 Å². The molecule has 1 spiro atoms. The van der Waals surface area contributed by atoms with Gasteiger partial charge in [-0.1, -0.05) is 13.8 Å². The first kappa shape index (κ1) is 12.0. The summed E-state index contributed by atoms with van der Waals surface area (Å²) in [6.45, 7) is 7.12. The molecule has 3 N–H and O–H groups in total. The van der Waals surface area contributed by atoms with Crippen molar-refractivity contribution < 1.29 is 9.59 Å². The predicted molar refractivity (Wildman–Crippen MR) is 66.5 cm³/mol. The molecule has 1 aliphatic carbocycles. The molecule has 100 valence electrons. The largest absolute Gasteiger partial charge is 0.369 e. The highest BCUT2D eigenvalue weighted by Gasteiger charge is 2.59. The van der Waals surface area contributed by atoms with E-state index in [1.54, 1.807) is 0 Å². The third-order valence-electron chi connectivity index (χ3n) is 5.04. The molecule has 3 aliphatic rings. The van der Waals surface area contributed by atoms with E-state index in [-0.39, 0.29) is 34.5 Å². The number of hydrogen-bond acceptors (Lipinski definition) is 3. The number of nitrogens with two attached hydrogens (primary N) is 1. The van der Waals surface area contributed by atoms with Crippen molar-refractivity contribution in [2.24, 2.45) is 28.4 Å². The zero-order valence-electron chi connectivity index (χ0n) is 11.0. The average molecular weight is 251 g/mol.